The molecular formula is C21H26N2O4. The molecule has 6 nitrogen and oxygen atoms in total. The molecule has 0 aromatic heterocycles. The van der Waals surface area contributed by atoms with Gasteiger partial charge in [0.1, 0.15) is 0 Å². The largest absolute Gasteiger partial charge is 0.490 e. The van der Waals surface area contributed by atoms with Crippen LogP contribution < -0.4 is 20.1 Å². The number of para-hydroxylation sites is 2. The topological polar surface area (TPSA) is 76.7 Å². The van der Waals surface area contributed by atoms with E-state index in [0.29, 0.717) is 29.5 Å². The van der Waals surface area contributed by atoms with Crippen molar-refractivity contribution >= 4 is 23.2 Å². The molecule has 0 saturated heterocycles. The lowest BCUT2D eigenvalue weighted by Gasteiger charge is -2.14. The Balaban J connectivity index is 2.00. The normalized spacial score (nSPS) is 10.4. The Bertz CT molecular complexity index is 803. The zero-order chi connectivity index (χ0) is 19.8. The van der Waals surface area contributed by atoms with Crippen LogP contribution in [-0.2, 0) is 9.59 Å². The molecule has 0 bridgehead atoms. The molecule has 0 heterocycles. The second-order valence-corrected chi connectivity index (χ2v) is 6.39. The first-order valence-corrected chi connectivity index (χ1v) is 8.96. The number of rotatable bonds is 8. The third kappa shape index (κ3) is 6.02. The molecule has 0 saturated carbocycles. The minimum atomic E-state index is -0.295. The summed E-state index contributed by atoms with van der Waals surface area (Å²) in [5, 5.41) is 5.64. The number of amides is 2. The van der Waals surface area contributed by atoms with Gasteiger partial charge in [-0.15, -0.1) is 0 Å². The van der Waals surface area contributed by atoms with Crippen molar-refractivity contribution in [3.63, 3.8) is 0 Å². The van der Waals surface area contributed by atoms with Gasteiger partial charge < -0.3 is 20.1 Å². The minimum absolute atomic E-state index is 0.0769. The standard InChI is InChI=1S/C21H26N2O4/c1-5-26-18-8-6-7-9-19(18)27-13-20(24)23-17-12-16(11-10-15(17)4)22-21(25)14(2)3/h6-12,14H,5,13H2,1-4H3,(H,22,25)(H,23,24). The number of hydrogen-bond acceptors (Lipinski definition) is 4. The predicted molar refractivity (Wildman–Crippen MR) is 106 cm³/mol. The highest BCUT2D eigenvalue weighted by Gasteiger charge is 2.11. The zero-order valence-electron chi connectivity index (χ0n) is 16.2. The average Bonchev–Trinajstić information content (AvgIpc) is 2.64. The van der Waals surface area contributed by atoms with Crippen molar-refractivity contribution in [1.29, 1.82) is 0 Å². The van der Waals surface area contributed by atoms with E-state index in [-0.39, 0.29) is 24.3 Å². The average molecular weight is 370 g/mol. The third-order valence-electron chi connectivity index (χ3n) is 3.81. The van der Waals surface area contributed by atoms with Gasteiger partial charge >= 0.3 is 0 Å². The molecule has 0 atom stereocenters. The van der Waals surface area contributed by atoms with Crippen LogP contribution in [0.15, 0.2) is 42.5 Å². The van der Waals surface area contributed by atoms with Gasteiger partial charge in [-0.2, -0.15) is 0 Å². The molecule has 2 N–H and O–H groups in total. The number of carbonyl (C=O) groups excluding carboxylic acids is 2. The molecule has 2 rings (SSSR count). The van der Waals surface area contributed by atoms with Crippen LogP contribution >= 0.6 is 0 Å². The Morgan fingerprint density at radius 1 is 1.00 bits per heavy atom. The van der Waals surface area contributed by atoms with Crippen LogP contribution in [0.5, 0.6) is 11.5 Å². The second kappa shape index (κ2) is 9.62. The second-order valence-electron chi connectivity index (χ2n) is 6.39. The maximum atomic E-state index is 12.3. The van der Waals surface area contributed by atoms with Gasteiger partial charge in [0.05, 0.1) is 6.61 Å². The summed E-state index contributed by atoms with van der Waals surface area (Å²) in [5.41, 5.74) is 2.15. The fraction of sp³-hybridized carbons (Fsp3) is 0.333. The maximum Gasteiger partial charge on any atom is 0.262 e. The van der Waals surface area contributed by atoms with E-state index in [1.807, 2.05) is 45.9 Å². The molecule has 27 heavy (non-hydrogen) atoms. The van der Waals surface area contributed by atoms with E-state index in [0.717, 1.165) is 5.56 Å². The highest BCUT2D eigenvalue weighted by atomic mass is 16.5. The summed E-state index contributed by atoms with van der Waals surface area (Å²) < 4.78 is 11.1. The molecule has 0 fully saturated rings. The van der Waals surface area contributed by atoms with Gasteiger partial charge in [-0.1, -0.05) is 32.0 Å². The van der Waals surface area contributed by atoms with Gasteiger partial charge in [-0.3, -0.25) is 9.59 Å². The lowest BCUT2D eigenvalue weighted by atomic mass is 10.1. The van der Waals surface area contributed by atoms with Crippen LogP contribution in [0.1, 0.15) is 26.3 Å². The van der Waals surface area contributed by atoms with Crippen molar-refractivity contribution in [3.05, 3.63) is 48.0 Å². The number of benzene rings is 2. The summed E-state index contributed by atoms with van der Waals surface area (Å²) in [4.78, 5) is 24.1. The lowest BCUT2D eigenvalue weighted by molar-refractivity contribution is -0.119. The molecule has 0 spiro atoms. The molecule has 0 unspecified atom stereocenters. The van der Waals surface area contributed by atoms with Gasteiger partial charge in [0.2, 0.25) is 5.91 Å². The van der Waals surface area contributed by atoms with Crippen molar-refractivity contribution in [2.45, 2.75) is 27.7 Å². The molecule has 0 aliphatic carbocycles. The van der Waals surface area contributed by atoms with Gasteiger partial charge in [-0.05, 0) is 43.7 Å². The van der Waals surface area contributed by atoms with E-state index in [9.17, 15) is 9.59 Å². The number of anilines is 2. The van der Waals surface area contributed by atoms with Crippen LogP contribution in [-0.4, -0.2) is 25.0 Å². The van der Waals surface area contributed by atoms with Gasteiger partial charge in [0.25, 0.3) is 5.91 Å². The van der Waals surface area contributed by atoms with Gasteiger partial charge in [0, 0.05) is 17.3 Å². The molecular weight excluding hydrogens is 344 g/mol. The summed E-state index contributed by atoms with van der Waals surface area (Å²) in [5.74, 6) is 0.624. The molecule has 144 valence electrons. The van der Waals surface area contributed by atoms with E-state index >= 15 is 0 Å². The maximum absolute atomic E-state index is 12.3. The minimum Gasteiger partial charge on any atom is -0.490 e. The highest BCUT2D eigenvalue weighted by molar-refractivity contribution is 5.95. The van der Waals surface area contributed by atoms with Crippen LogP contribution in [0.3, 0.4) is 0 Å². The van der Waals surface area contributed by atoms with Crippen LogP contribution in [0.2, 0.25) is 0 Å². The predicted octanol–water partition coefficient (Wildman–Crippen LogP) is 4.01. The van der Waals surface area contributed by atoms with E-state index in [1.54, 1.807) is 24.3 Å². The van der Waals surface area contributed by atoms with Crippen molar-refractivity contribution in [3.8, 4) is 11.5 Å². The Kier molecular flexibility index (Phi) is 7.23. The highest BCUT2D eigenvalue weighted by Crippen LogP contribution is 2.26. The first-order chi connectivity index (χ1) is 12.9. The SMILES string of the molecule is CCOc1ccccc1OCC(=O)Nc1cc(NC(=O)C(C)C)ccc1C. The Labute approximate surface area is 159 Å². The summed E-state index contributed by atoms with van der Waals surface area (Å²) in [6.07, 6.45) is 0. The van der Waals surface area contributed by atoms with E-state index < -0.39 is 0 Å². The smallest absolute Gasteiger partial charge is 0.262 e. The van der Waals surface area contributed by atoms with E-state index in [4.69, 9.17) is 9.47 Å². The molecule has 0 aliphatic heterocycles. The fourth-order valence-corrected chi connectivity index (χ4v) is 2.29. The molecule has 2 amide bonds. The Morgan fingerprint density at radius 3 is 2.30 bits per heavy atom. The van der Waals surface area contributed by atoms with Crippen LogP contribution in [0.25, 0.3) is 0 Å². The zero-order valence-corrected chi connectivity index (χ0v) is 16.2. The number of aryl methyl sites for hydroxylation is 1. The van der Waals surface area contributed by atoms with Gasteiger partial charge in [-0.25, -0.2) is 0 Å². The van der Waals surface area contributed by atoms with Crippen LogP contribution in [0.4, 0.5) is 11.4 Å². The Morgan fingerprint density at radius 2 is 1.67 bits per heavy atom. The molecule has 0 aliphatic rings. The number of hydrogen-bond donors (Lipinski definition) is 2. The van der Waals surface area contributed by atoms with Crippen molar-refractivity contribution in [2.75, 3.05) is 23.8 Å². The molecule has 0 radical (unpaired) electrons. The third-order valence-corrected chi connectivity index (χ3v) is 3.81. The molecule has 2 aromatic rings. The molecule has 6 heteroatoms. The first-order valence-electron chi connectivity index (χ1n) is 8.96. The number of nitrogens with one attached hydrogen (secondary N) is 2. The summed E-state index contributed by atoms with van der Waals surface area (Å²) in [6.45, 7) is 7.78. The summed E-state index contributed by atoms with van der Waals surface area (Å²) >= 11 is 0. The quantitative estimate of drug-likeness (QED) is 0.736. The number of carbonyl (C=O) groups is 2. The van der Waals surface area contributed by atoms with E-state index in [2.05, 4.69) is 10.6 Å². The monoisotopic (exact) mass is 370 g/mol. The van der Waals surface area contributed by atoms with Crippen molar-refractivity contribution in [2.24, 2.45) is 5.92 Å². The summed E-state index contributed by atoms with van der Waals surface area (Å²) in [6, 6.07) is 12.6. The number of ether oxygens (including phenoxy) is 2. The fourth-order valence-electron chi connectivity index (χ4n) is 2.29. The van der Waals surface area contributed by atoms with E-state index in [1.165, 1.54) is 0 Å². The molecule has 2 aromatic carbocycles. The van der Waals surface area contributed by atoms with Crippen molar-refractivity contribution < 1.29 is 19.1 Å². The Hall–Kier alpha value is -3.02. The van der Waals surface area contributed by atoms with Crippen molar-refractivity contribution in [1.82, 2.24) is 0 Å². The summed E-state index contributed by atoms with van der Waals surface area (Å²) in [7, 11) is 0. The van der Waals surface area contributed by atoms with Crippen LogP contribution in [0, 0.1) is 12.8 Å². The van der Waals surface area contributed by atoms with Gasteiger partial charge in [0.15, 0.2) is 18.1 Å². The first kappa shape index (κ1) is 20.3. The lowest BCUT2D eigenvalue weighted by Crippen LogP contribution is -2.21.